The van der Waals surface area contributed by atoms with Crippen LogP contribution in [-0.4, -0.2) is 33.2 Å². The van der Waals surface area contributed by atoms with Crippen LogP contribution in [0.5, 0.6) is 5.75 Å². The molecule has 126 valence electrons. The molecule has 0 spiro atoms. The number of rotatable bonds is 6. The second-order valence-corrected chi connectivity index (χ2v) is 6.70. The number of carbonyl (C=O) groups is 1. The molecule has 24 heavy (non-hydrogen) atoms. The van der Waals surface area contributed by atoms with Crippen LogP contribution in [0.15, 0.2) is 30.5 Å². The van der Waals surface area contributed by atoms with Crippen LogP contribution in [0.4, 0.5) is 0 Å². The van der Waals surface area contributed by atoms with Gasteiger partial charge in [0.05, 0.1) is 17.7 Å². The Hall–Kier alpha value is -2.23. The predicted octanol–water partition coefficient (Wildman–Crippen LogP) is 2.32. The Labute approximate surface area is 145 Å². The van der Waals surface area contributed by atoms with E-state index in [4.69, 9.17) is 11.2 Å². The molecule has 2 N–H and O–H groups in total. The zero-order chi connectivity index (χ0) is 17.7. The molecular formula is C18H20N2O3S. The third-order valence-corrected chi connectivity index (χ3v) is 4.10. The molecule has 2 aromatic rings. The standard InChI is InChI=1S/C18H20N2O3S/c1-5-18(2,3)20-16(22)17(24-4)23-14-6-7-15-13(9-14)8-12(11-21)10-19-15/h1,6-10,17,21H,11H2,2-4H3,(H,20,22). The number of hydrogen-bond donors (Lipinski definition) is 2. The highest BCUT2D eigenvalue weighted by Crippen LogP contribution is 2.23. The van der Waals surface area contributed by atoms with Gasteiger partial charge in [-0.2, -0.15) is 0 Å². The number of thioether (sulfide) groups is 1. The van der Waals surface area contributed by atoms with E-state index in [0.29, 0.717) is 5.75 Å². The van der Waals surface area contributed by atoms with E-state index < -0.39 is 11.0 Å². The number of amides is 1. The second-order valence-electron chi connectivity index (χ2n) is 5.80. The first-order valence-corrected chi connectivity index (χ1v) is 8.66. The highest BCUT2D eigenvalue weighted by molar-refractivity contribution is 7.99. The first kappa shape index (κ1) is 18.1. The van der Waals surface area contributed by atoms with Gasteiger partial charge in [-0.25, -0.2) is 0 Å². The Morgan fingerprint density at radius 3 is 2.88 bits per heavy atom. The van der Waals surface area contributed by atoms with Crippen LogP contribution in [0.2, 0.25) is 0 Å². The average molecular weight is 344 g/mol. The molecule has 0 fully saturated rings. The number of carbonyl (C=O) groups excluding carboxylic acids is 1. The van der Waals surface area contributed by atoms with Crippen LogP contribution in [0.25, 0.3) is 10.9 Å². The van der Waals surface area contributed by atoms with E-state index >= 15 is 0 Å². The number of benzene rings is 1. The number of ether oxygens (including phenoxy) is 1. The van der Waals surface area contributed by atoms with Gasteiger partial charge in [0, 0.05) is 11.6 Å². The lowest BCUT2D eigenvalue weighted by Crippen LogP contribution is -2.47. The molecule has 0 bridgehead atoms. The number of fused-ring (bicyclic) bond motifs is 1. The van der Waals surface area contributed by atoms with E-state index in [0.717, 1.165) is 16.5 Å². The first-order chi connectivity index (χ1) is 11.4. The average Bonchev–Trinajstić information content (AvgIpc) is 2.58. The predicted molar refractivity (Wildman–Crippen MR) is 96.7 cm³/mol. The van der Waals surface area contributed by atoms with E-state index in [1.807, 2.05) is 12.1 Å². The van der Waals surface area contributed by atoms with Crippen LogP contribution in [-0.2, 0) is 11.4 Å². The molecule has 0 aliphatic carbocycles. The minimum absolute atomic E-state index is 0.0783. The Bertz CT molecular complexity index is 783. The van der Waals surface area contributed by atoms with Crippen molar-refractivity contribution in [1.82, 2.24) is 10.3 Å². The van der Waals surface area contributed by atoms with Crippen LogP contribution in [0.1, 0.15) is 19.4 Å². The number of terminal acetylenes is 1. The molecule has 1 heterocycles. The number of aromatic nitrogens is 1. The lowest BCUT2D eigenvalue weighted by molar-refractivity contribution is -0.125. The summed E-state index contributed by atoms with van der Waals surface area (Å²) >= 11 is 1.28. The molecule has 1 atom stereocenters. The fraction of sp³-hybridized carbons (Fsp3) is 0.333. The summed E-state index contributed by atoms with van der Waals surface area (Å²) in [6.45, 7) is 3.42. The molecule has 5 nitrogen and oxygen atoms in total. The van der Waals surface area contributed by atoms with Crippen molar-refractivity contribution in [2.45, 2.75) is 31.4 Å². The minimum atomic E-state index is -0.738. The Morgan fingerprint density at radius 2 is 2.25 bits per heavy atom. The van der Waals surface area contributed by atoms with Gasteiger partial charge in [0.1, 0.15) is 5.75 Å². The monoisotopic (exact) mass is 344 g/mol. The van der Waals surface area contributed by atoms with Gasteiger partial charge >= 0.3 is 0 Å². The fourth-order valence-electron chi connectivity index (χ4n) is 2.05. The number of nitrogens with zero attached hydrogens (tertiary/aromatic N) is 1. The summed E-state index contributed by atoms with van der Waals surface area (Å²) in [6.07, 6.45) is 8.82. The van der Waals surface area contributed by atoms with E-state index in [1.165, 1.54) is 11.8 Å². The third kappa shape index (κ3) is 4.40. The van der Waals surface area contributed by atoms with Crippen molar-refractivity contribution >= 4 is 28.6 Å². The van der Waals surface area contributed by atoms with Gasteiger partial charge in [0.15, 0.2) is 0 Å². The Morgan fingerprint density at radius 1 is 1.50 bits per heavy atom. The molecule has 0 aliphatic rings. The Kier molecular flexibility index (Phi) is 5.71. The van der Waals surface area contributed by atoms with Gasteiger partial charge in [-0.15, -0.1) is 18.2 Å². The second kappa shape index (κ2) is 7.56. The molecule has 2 rings (SSSR count). The van der Waals surface area contributed by atoms with E-state index in [2.05, 4.69) is 16.2 Å². The molecule has 6 heteroatoms. The van der Waals surface area contributed by atoms with Gasteiger partial charge < -0.3 is 15.2 Å². The normalized spacial score (nSPS) is 12.5. The molecular weight excluding hydrogens is 324 g/mol. The molecule has 0 saturated carbocycles. The van der Waals surface area contributed by atoms with Crippen molar-refractivity contribution < 1.29 is 14.6 Å². The van der Waals surface area contributed by atoms with Gasteiger partial charge in [-0.1, -0.05) is 5.92 Å². The highest BCUT2D eigenvalue weighted by atomic mass is 32.2. The SMILES string of the molecule is C#CC(C)(C)NC(=O)C(Oc1ccc2ncc(CO)cc2c1)SC. The number of aliphatic hydroxyl groups excluding tert-OH is 1. The van der Waals surface area contributed by atoms with Crippen molar-refractivity contribution in [3.63, 3.8) is 0 Å². The quantitative estimate of drug-likeness (QED) is 0.622. The number of aliphatic hydroxyl groups is 1. The zero-order valence-corrected chi connectivity index (χ0v) is 14.7. The van der Waals surface area contributed by atoms with Crippen LogP contribution < -0.4 is 10.1 Å². The topological polar surface area (TPSA) is 71.5 Å². The molecule has 1 amide bonds. The minimum Gasteiger partial charge on any atom is -0.470 e. The maximum Gasteiger partial charge on any atom is 0.272 e. The van der Waals surface area contributed by atoms with Crippen molar-refractivity contribution in [3.8, 4) is 18.1 Å². The van der Waals surface area contributed by atoms with Crippen molar-refractivity contribution in [2.24, 2.45) is 0 Å². The smallest absolute Gasteiger partial charge is 0.272 e. The van der Waals surface area contributed by atoms with Crippen LogP contribution in [0, 0.1) is 12.3 Å². The van der Waals surface area contributed by atoms with Crippen LogP contribution >= 0.6 is 11.8 Å². The van der Waals surface area contributed by atoms with Crippen molar-refractivity contribution in [2.75, 3.05) is 6.26 Å². The molecule has 0 saturated heterocycles. The summed E-state index contributed by atoms with van der Waals surface area (Å²) in [5, 5.41) is 12.8. The van der Waals surface area contributed by atoms with Crippen molar-refractivity contribution in [3.05, 3.63) is 36.0 Å². The zero-order valence-electron chi connectivity index (χ0n) is 13.9. The highest BCUT2D eigenvalue weighted by Gasteiger charge is 2.25. The summed E-state index contributed by atoms with van der Waals surface area (Å²) in [5.74, 6) is 2.79. The number of hydrogen-bond acceptors (Lipinski definition) is 5. The lowest BCUT2D eigenvalue weighted by atomic mass is 10.1. The lowest BCUT2D eigenvalue weighted by Gasteiger charge is -2.23. The largest absolute Gasteiger partial charge is 0.470 e. The fourth-order valence-corrected chi connectivity index (χ4v) is 2.53. The van der Waals surface area contributed by atoms with Crippen LogP contribution in [0.3, 0.4) is 0 Å². The summed E-state index contributed by atoms with van der Waals surface area (Å²) in [6, 6.07) is 7.21. The summed E-state index contributed by atoms with van der Waals surface area (Å²) in [4.78, 5) is 16.6. The van der Waals surface area contributed by atoms with E-state index in [1.54, 1.807) is 38.4 Å². The number of pyridine rings is 1. The molecule has 0 radical (unpaired) electrons. The van der Waals surface area contributed by atoms with Gasteiger partial charge in [0.2, 0.25) is 5.44 Å². The van der Waals surface area contributed by atoms with Gasteiger partial charge in [-0.05, 0) is 49.9 Å². The van der Waals surface area contributed by atoms with Crippen molar-refractivity contribution in [1.29, 1.82) is 0 Å². The first-order valence-electron chi connectivity index (χ1n) is 7.37. The maximum absolute atomic E-state index is 12.3. The van der Waals surface area contributed by atoms with Gasteiger partial charge in [0.25, 0.3) is 5.91 Å². The van der Waals surface area contributed by atoms with Gasteiger partial charge in [-0.3, -0.25) is 9.78 Å². The summed E-state index contributed by atoms with van der Waals surface area (Å²) in [5.41, 5.74) is 0.0504. The Balaban J connectivity index is 2.20. The molecule has 0 aliphatic heterocycles. The molecule has 1 unspecified atom stereocenters. The van der Waals surface area contributed by atoms with E-state index in [9.17, 15) is 9.90 Å². The van der Waals surface area contributed by atoms with E-state index in [-0.39, 0.29) is 12.5 Å². The number of nitrogens with one attached hydrogen (secondary N) is 1. The summed E-state index contributed by atoms with van der Waals surface area (Å²) < 4.78 is 5.79. The maximum atomic E-state index is 12.3. The molecule has 1 aromatic heterocycles. The summed E-state index contributed by atoms with van der Waals surface area (Å²) in [7, 11) is 0. The third-order valence-electron chi connectivity index (χ3n) is 3.36. The molecule has 1 aromatic carbocycles.